The Hall–Kier alpha value is -0.690. The summed E-state index contributed by atoms with van der Waals surface area (Å²) in [6.45, 7) is 5.59. The van der Waals surface area contributed by atoms with Gasteiger partial charge in [0.2, 0.25) is 0 Å². The predicted molar refractivity (Wildman–Crippen MR) is 68.7 cm³/mol. The molecule has 0 aliphatic heterocycles. The lowest BCUT2D eigenvalue weighted by molar-refractivity contribution is -0.385. The maximum absolute atomic E-state index is 12.1. The van der Waals surface area contributed by atoms with Gasteiger partial charge in [-0.05, 0) is 39.6 Å². The number of halogens is 1. The maximum atomic E-state index is 12.1. The summed E-state index contributed by atoms with van der Waals surface area (Å²) >= 11 is 1.97. The Morgan fingerprint density at radius 1 is 1.38 bits per heavy atom. The SMILES string of the molecule is CC(C)(C)C([O])c1ccc([N+](=O)[O-])cc1I. The van der Waals surface area contributed by atoms with Crippen LogP contribution >= 0.6 is 22.6 Å². The van der Waals surface area contributed by atoms with Crippen LogP contribution < -0.4 is 0 Å². The van der Waals surface area contributed by atoms with Gasteiger partial charge in [-0.2, -0.15) is 0 Å². The lowest BCUT2D eigenvalue weighted by Crippen LogP contribution is -2.17. The van der Waals surface area contributed by atoms with E-state index in [-0.39, 0.29) is 5.69 Å². The van der Waals surface area contributed by atoms with Gasteiger partial charge in [0.1, 0.15) is 6.10 Å². The van der Waals surface area contributed by atoms with Crippen molar-refractivity contribution in [2.45, 2.75) is 26.9 Å². The van der Waals surface area contributed by atoms with E-state index in [9.17, 15) is 15.2 Å². The highest BCUT2D eigenvalue weighted by Gasteiger charge is 2.28. The number of non-ortho nitro benzene ring substituents is 1. The minimum atomic E-state index is -0.875. The van der Waals surface area contributed by atoms with Crippen LogP contribution in [-0.4, -0.2) is 4.92 Å². The highest BCUT2D eigenvalue weighted by molar-refractivity contribution is 14.1. The summed E-state index contributed by atoms with van der Waals surface area (Å²) in [7, 11) is 0. The molecular formula is C11H13INO3. The molecule has 0 saturated carbocycles. The Labute approximate surface area is 108 Å². The largest absolute Gasteiger partial charge is 0.270 e. The Bertz CT molecular complexity index is 412. The van der Waals surface area contributed by atoms with Crippen LogP contribution in [0.25, 0.3) is 0 Å². The van der Waals surface area contributed by atoms with Crippen LogP contribution in [-0.2, 0) is 5.11 Å². The van der Waals surface area contributed by atoms with Crippen molar-refractivity contribution in [1.29, 1.82) is 0 Å². The van der Waals surface area contributed by atoms with Gasteiger partial charge in [-0.3, -0.25) is 10.1 Å². The standard InChI is InChI=1S/C11H13INO3/c1-11(2,3)10(14)8-5-4-7(13(15)16)6-9(8)12/h4-6,10H,1-3H3. The number of nitro benzene ring substituents is 1. The molecule has 1 aromatic carbocycles. The van der Waals surface area contributed by atoms with Gasteiger partial charge in [-0.1, -0.05) is 20.8 Å². The summed E-state index contributed by atoms with van der Waals surface area (Å²) < 4.78 is 0.654. The molecule has 0 spiro atoms. The minimum Gasteiger partial charge on any atom is -0.258 e. The molecule has 0 heterocycles. The van der Waals surface area contributed by atoms with E-state index in [4.69, 9.17) is 0 Å². The second kappa shape index (κ2) is 4.67. The smallest absolute Gasteiger partial charge is 0.258 e. The Kier molecular flexibility index (Phi) is 3.90. The molecule has 0 fully saturated rings. The summed E-state index contributed by atoms with van der Waals surface area (Å²) in [6.07, 6.45) is -0.875. The van der Waals surface area contributed by atoms with Crippen molar-refractivity contribution in [3.63, 3.8) is 0 Å². The molecule has 5 heteroatoms. The van der Waals surface area contributed by atoms with Crippen LogP contribution in [0.15, 0.2) is 18.2 Å². The molecule has 1 radical (unpaired) electrons. The lowest BCUT2D eigenvalue weighted by atomic mass is 9.85. The van der Waals surface area contributed by atoms with Gasteiger partial charge in [0.15, 0.2) is 0 Å². The van der Waals surface area contributed by atoms with Crippen LogP contribution in [0.4, 0.5) is 5.69 Å². The third kappa shape index (κ3) is 2.91. The van der Waals surface area contributed by atoms with E-state index >= 15 is 0 Å². The van der Waals surface area contributed by atoms with Gasteiger partial charge in [0, 0.05) is 15.7 Å². The van der Waals surface area contributed by atoms with Gasteiger partial charge < -0.3 is 0 Å². The summed E-state index contributed by atoms with van der Waals surface area (Å²) in [6, 6.07) is 4.38. The van der Waals surface area contributed by atoms with E-state index in [1.165, 1.54) is 12.1 Å². The lowest BCUT2D eigenvalue weighted by Gasteiger charge is -2.24. The molecule has 0 N–H and O–H groups in total. The van der Waals surface area contributed by atoms with Crippen LogP contribution in [0.3, 0.4) is 0 Å². The molecule has 0 aliphatic rings. The van der Waals surface area contributed by atoms with Crippen molar-refractivity contribution in [3.05, 3.63) is 37.4 Å². The average molecular weight is 334 g/mol. The second-order valence-electron chi connectivity index (χ2n) is 4.71. The molecule has 0 amide bonds. The fourth-order valence-corrected chi connectivity index (χ4v) is 2.09. The summed E-state index contributed by atoms with van der Waals surface area (Å²) in [5, 5.41) is 22.6. The van der Waals surface area contributed by atoms with Crippen LogP contribution in [0, 0.1) is 19.1 Å². The fourth-order valence-electron chi connectivity index (χ4n) is 1.31. The monoisotopic (exact) mass is 334 g/mol. The van der Waals surface area contributed by atoms with Crippen molar-refractivity contribution in [2.24, 2.45) is 5.41 Å². The first-order valence-corrected chi connectivity index (χ1v) is 5.91. The van der Waals surface area contributed by atoms with Gasteiger partial charge in [-0.15, -0.1) is 0 Å². The van der Waals surface area contributed by atoms with Crippen molar-refractivity contribution >= 4 is 28.3 Å². The molecule has 1 rings (SSSR count). The minimum absolute atomic E-state index is 0.0225. The number of rotatable bonds is 2. The van der Waals surface area contributed by atoms with Crippen molar-refractivity contribution < 1.29 is 10.0 Å². The first kappa shape index (κ1) is 13.4. The van der Waals surface area contributed by atoms with Crippen LogP contribution in [0.2, 0.25) is 0 Å². The van der Waals surface area contributed by atoms with Gasteiger partial charge in [0.25, 0.3) is 5.69 Å². The third-order valence-corrected chi connectivity index (χ3v) is 3.20. The van der Waals surface area contributed by atoms with Crippen LogP contribution in [0.1, 0.15) is 32.4 Å². The zero-order chi connectivity index (χ0) is 12.5. The predicted octanol–water partition coefficient (Wildman–Crippen LogP) is 3.72. The van der Waals surface area contributed by atoms with E-state index in [0.29, 0.717) is 9.13 Å². The van der Waals surface area contributed by atoms with E-state index in [1.807, 2.05) is 43.4 Å². The average Bonchev–Trinajstić information content (AvgIpc) is 2.15. The summed E-state index contributed by atoms with van der Waals surface area (Å²) in [5.41, 5.74) is 0.253. The van der Waals surface area contributed by atoms with E-state index < -0.39 is 16.4 Å². The number of benzene rings is 1. The second-order valence-corrected chi connectivity index (χ2v) is 5.87. The quantitative estimate of drug-likeness (QED) is 0.470. The highest BCUT2D eigenvalue weighted by Crippen LogP contribution is 2.36. The number of nitrogens with zero attached hydrogens (tertiary/aromatic N) is 1. The number of nitro groups is 1. The first-order chi connectivity index (χ1) is 7.23. The molecule has 87 valence electrons. The third-order valence-electron chi connectivity index (χ3n) is 2.26. The molecule has 4 nitrogen and oxygen atoms in total. The first-order valence-electron chi connectivity index (χ1n) is 4.83. The van der Waals surface area contributed by atoms with Crippen LogP contribution in [0.5, 0.6) is 0 Å². The molecule has 16 heavy (non-hydrogen) atoms. The molecule has 0 bridgehead atoms. The Morgan fingerprint density at radius 2 is 1.94 bits per heavy atom. The zero-order valence-corrected chi connectivity index (χ0v) is 11.5. The van der Waals surface area contributed by atoms with E-state index in [0.717, 1.165) is 0 Å². The normalized spacial score (nSPS) is 13.6. The fraction of sp³-hybridized carbons (Fsp3) is 0.455. The van der Waals surface area contributed by atoms with Gasteiger partial charge >= 0.3 is 0 Å². The molecule has 1 aromatic rings. The molecule has 0 aromatic heterocycles. The van der Waals surface area contributed by atoms with Crippen molar-refractivity contribution in [1.82, 2.24) is 0 Å². The Morgan fingerprint density at radius 3 is 2.31 bits per heavy atom. The van der Waals surface area contributed by atoms with E-state index in [2.05, 4.69) is 0 Å². The molecule has 1 unspecified atom stereocenters. The molecule has 0 aliphatic carbocycles. The number of hydrogen-bond donors (Lipinski definition) is 0. The topological polar surface area (TPSA) is 63.0 Å². The maximum Gasteiger partial charge on any atom is 0.270 e. The van der Waals surface area contributed by atoms with Crippen molar-refractivity contribution in [3.8, 4) is 0 Å². The zero-order valence-electron chi connectivity index (χ0n) is 9.36. The van der Waals surface area contributed by atoms with Gasteiger partial charge in [-0.25, -0.2) is 5.11 Å². The van der Waals surface area contributed by atoms with Crippen molar-refractivity contribution in [2.75, 3.05) is 0 Å². The van der Waals surface area contributed by atoms with E-state index in [1.54, 1.807) is 6.07 Å². The molecule has 0 saturated heterocycles. The summed E-state index contributed by atoms with van der Waals surface area (Å²) in [5.74, 6) is 0. The summed E-state index contributed by atoms with van der Waals surface area (Å²) in [4.78, 5) is 10.1. The van der Waals surface area contributed by atoms with Gasteiger partial charge in [0.05, 0.1) is 4.92 Å². The Balaban J connectivity index is 3.13. The molecular weight excluding hydrogens is 321 g/mol. The highest BCUT2D eigenvalue weighted by atomic mass is 127. The molecule has 1 atom stereocenters. The number of hydrogen-bond acceptors (Lipinski definition) is 2.